The van der Waals surface area contributed by atoms with Gasteiger partial charge >= 0.3 is 12.1 Å². The number of nitrogens with one attached hydrogen (secondary N) is 1. The first-order valence-electron chi connectivity index (χ1n) is 15.7. The van der Waals surface area contributed by atoms with E-state index >= 15 is 0 Å². The molecule has 0 aromatic heterocycles. The fraction of sp³-hybridized carbons (Fsp3) is 0.727. The van der Waals surface area contributed by atoms with Crippen LogP contribution in [0.25, 0.3) is 0 Å². The van der Waals surface area contributed by atoms with Gasteiger partial charge in [0, 0.05) is 11.6 Å². The Morgan fingerprint density at radius 3 is 2.39 bits per heavy atom. The largest absolute Gasteiger partial charge is 0.490 e. The summed E-state index contributed by atoms with van der Waals surface area (Å²) in [7, 11) is 0. The predicted octanol–water partition coefficient (Wildman–Crippen LogP) is 5.26. The Morgan fingerprint density at radius 1 is 1.07 bits per heavy atom. The lowest BCUT2D eigenvalue weighted by molar-refractivity contribution is -0.155. The van der Waals surface area contributed by atoms with Crippen LogP contribution in [0.2, 0.25) is 0 Å². The molecule has 3 unspecified atom stereocenters. The van der Waals surface area contributed by atoms with Crippen LogP contribution >= 0.6 is 0 Å². The molecule has 3 fully saturated rings. The third-order valence-corrected chi connectivity index (χ3v) is 8.27. The Bertz CT molecular complexity index is 1190. The highest BCUT2D eigenvalue weighted by Gasteiger charge is 2.56. The Hall–Kier alpha value is -2.92. The molecule has 246 valence electrons. The Morgan fingerprint density at radius 2 is 1.75 bits per heavy atom. The molecule has 3 aliphatic rings. The molecular formula is C33H49FN2O8. The molecule has 1 aromatic rings. The first-order chi connectivity index (χ1) is 20.6. The van der Waals surface area contributed by atoms with E-state index in [0.717, 1.165) is 31.2 Å². The van der Waals surface area contributed by atoms with Gasteiger partial charge in [-0.25, -0.2) is 9.18 Å². The van der Waals surface area contributed by atoms with Crippen molar-refractivity contribution in [1.82, 2.24) is 10.2 Å². The van der Waals surface area contributed by atoms with Crippen molar-refractivity contribution in [1.29, 1.82) is 0 Å². The molecule has 2 heterocycles. The molecule has 10 nitrogen and oxygen atoms in total. The maximum atomic E-state index is 14.9. The third kappa shape index (κ3) is 8.62. The van der Waals surface area contributed by atoms with E-state index in [1.807, 2.05) is 33.8 Å². The van der Waals surface area contributed by atoms with Crippen LogP contribution in [-0.4, -0.2) is 84.2 Å². The second-order valence-electron chi connectivity index (χ2n) is 14.3. The summed E-state index contributed by atoms with van der Waals surface area (Å²) >= 11 is 0. The minimum absolute atomic E-state index is 0.00700. The van der Waals surface area contributed by atoms with Gasteiger partial charge in [0.1, 0.15) is 17.8 Å². The van der Waals surface area contributed by atoms with Crippen molar-refractivity contribution >= 4 is 18.0 Å². The van der Waals surface area contributed by atoms with Gasteiger partial charge in [0.15, 0.2) is 11.6 Å². The van der Waals surface area contributed by atoms with Crippen molar-refractivity contribution < 1.29 is 42.5 Å². The van der Waals surface area contributed by atoms with Crippen LogP contribution in [0.5, 0.6) is 5.75 Å². The van der Waals surface area contributed by atoms with E-state index in [4.69, 9.17) is 23.7 Å². The minimum Gasteiger partial charge on any atom is -0.490 e. The number of carbonyl (C=O) groups is 3. The molecule has 0 radical (unpaired) electrons. The first-order valence-corrected chi connectivity index (χ1v) is 15.7. The van der Waals surface area contributed by atoms with Gasteiger partial charge in [-0.05, 0) is 92.6 Å². The monoisotopic (exact) mass is 620 g/mol. The standard InChI is InChI=1S/C33H49FN2O8/c1-21-17-33(20-40-19-27(37)35-33)26(36(21)30(39)44-32(5,6)7)18-42-23-13-11-22(12-14-23)24-9-8-10-25(34)29(24)41-16-15-28(38)43-31(2,3)4/h8-10,21-23,26H,11-20H2,1-7H3,(H,35,37). The Labute approximate surface area is 260 Å². The lowest BCUT2D eigenvalue weighted by Gasteiger charge is -2.41. The quantitative estimate of drug-likeness (QED) is 0.392. The topological polar surface area (TPSA) is 113 Å². The average molecular weight is 621 g/mol. The molecule has 3 atom stereocenters. The molecule has 4 rings (SSSR count). The van der Waals surface area contributed by atoms with Crippen LogP contribution < -0.4 is 10.1 Å². The number of rotatable bonds is 8. The lowest BCUT2D eigenvalue weighted by atomic mass is 9.82. The summed E-state index contributed by atoms with van der Waals surface area (Å²) in [5.41, 5.74) is -1.23. The molecule has 1 N–H and O–H groups in total. The number of para-hydroxylation sites is 1. The number of ether oxygens (including phenoxy) is 5. The molecule has 44 heavy (non-hydrogen) atoms. The predicted molar refractivity (Wildman–Crippen MR) is 161 cm³/mol. The van der Waals surface area contributed by atoms with Crippen molar-refractivity contribution in [2.45, 2.75) is 128 Å². The molecule has 2 amide bonds. The molecular weight excluding hydrogens is 571 g/mol. The van der Waals surface area contributed by atoms with Crippen LogP contribution in [0.3, 0.4) is 0 Å². The van der Waals surface area contributed by atoms with E-state index in [1.165, 1.54) is 6.07 Å². The summed E-state index contributed by atoms with van der Waals surface area (Å²) in [5, 5.41) is 3.11. The Balaban J connectivity index is 1.38. The minimum atomic E-state index is -0.754. The van der Waals surface area contributed by atoms with E-state index in [9.17, 15) is 18.8 Å². The number of hydrogen-bond acceptors (Lipinski definition) is 8. The number of esters is 1. The van der Waals surface area contributed by atoms with Gasteiger partial charge in [-0.15, -0.1) is 0 Å². The smallest absolute Gasteiger partial charge is 0.410 e. The molecule has 1 aromatic carbocycles. The van der Waals surface area contributed by atoms with Crippen LogP contribution in [0.15, 0.2) is 18.2 Å². The SMILES string of the molecule is CC1CC2(COCC(=O)N2)C(COC2CCC(c3cccc(F)c3OCCC(=O)OC(C)(C)C)CC2)N1C(=O)OC(C)(C)C. The zero-order valence-corrected chi connectivity index (χ0v) is 27.2. The second kappa shape index (κ2) is 13.6. The van der Waals surface area contributed by atoms with Gasteiger partial charge in [-0.3, -0.25) is 14.5 Å². The zero-order chi connectivity index (χ0) is 32.3. The molecule has 11 heteroatoms. The highest BCUT2D eigenvalue weighted by Crippen LogP contribution is 2.41. The first kappa shape index (κ1) is 34.0. The zero-order valence-electron chi connectivity index (χ0n) is 27.2. The fourth-order valence-corrected chi connectivity index (χ4v) is 6.56. The number of hydrogen-bond donors (Lipinski definition) is 1. The second-order valence-corrected chi connectivity index (χ2v) is 14.3. The summed E-state index contributed by atoms with van der Waals surface area (Å²) in [6.07, 6.45) is 3.06. The summed E-state index contributed by atoms with van der Waals surface area (Å²) in [5.74, 6) is -0.799. The van der Waals surface area contributed by atoms with Crippen LogP contribution in [0.1, 0.15) is 98.5 Å². The van der Waals surface area contributed by atoms with E-state index < -0.39 is 40.7 Å². The number of carbonyl (C=O) groups excluding carboxylic acids is 3. The van der Waals surface area contributed by atoms with Gasteiger partial charge in [-0.2, -0.15) is 0 Å². The van der Waals surface area contributed by atoms with Crippen LogP contribution in [0, 0.1) is 5.82 Å². The molecule has 2 aliphatic heterocycles. The summed E-state index contributed by atoms with van der Waals surface area (Å²) in [6, 6.07) is 4.29. The number of nitrogens with zero attached hydrogens (tertiary/aromatic N) is 1. The summed E-state index contributed by atoms with van der Waals surface area (Å²) in [4.78, 5) is 39.5. The number of halogens is 1. The van der Waals surface area contributed by atoms with Crippen LogP contribution in [-0.2, 0) is 28.5 Å². The lowest BCUT2D eigenvalue weighted by Crippen LogP contribution is -2.65. The summed E-state index contributed by atoms with van der Waals surface area (Å²) < 4.78 is 43.8. The maximum Gasteiger partial charge on any atom is 0.410 e. The highest BCUT2D eigenvalue weighted by atomic mass is 19.1. The van der Waals surface area contributed by atoms with Gasteiger partial charge in [0.25, 0.3) is 0 Å². The van der Waals surface area contributed by atoms with E-state index in [1.54, 1.807) is 31.7 Å². The molecule has 2 saturated heterocycles. The number of likely N-dealkylation sites (tertiary alicyclic amines) is 1. The molecule has 0 bridgehead atoms. The summed E-state index contributed by atoms with van der Waals surface area (Å²) in [6.45, 7) is 13.4. The maximum absolute atomic E-state index is 14.9. The van der Waals surface area contributed by atoms with Crippen molar-refractivity contribution in [3.05, 3.63) is 29.6 Å². The van der Waals surface area contributed by atoms with Gasteiger partial charge in [-0.1, -0.05) is 12.1 Å². The van der Waals surface area contributed by atoms with Gasteiger partial charge in [0.2, 0.25) is 5.91 Å². The van der Waals surface area contributed by atoms with Crippen molar-refractivity contribution in [2.75, 3.05) is 26.4 Å². The molecule has 1 aliphatic carbocycles. The van der Waals surface area contributed by atoms with Gasteiger partial charge in [0.05, 0.1) is 43.9 Å². The fourth-order valence-electron chi connectivity index (χ4n) is 6.56. The van der Waals surface area contributed by atoms with Crippen molar-refractivity contribution in [3.8, 4) is 5.75 Å². The van der Waals surface area contributed by atoms with Crippen LogP contribution in [0.4, 0.5) is 9.18 Å². The Kier molecular flexibility index (Phi) is 10.5. The van der Waals surface area contributed by atoms with Gasteiger partial charge < -0.3 is 29.0 Å². The number of benzene rings is 1. The van der Waals surface area contributed by atoms with Crippen molar-refractivity contribution in [3.63, 3.8) is 0 Å². The molecule has 1 saturated carbocycles. The number of morpholine rings is 1. The highest BCUT2D eigenvalue weighted by molar-refractivity contribution is 5.79. The average Bonchev–Trinajstić information content (AvgIpc) is 3.16. The third-order valence-electron chi connectivity index (χ3n) is 8.27. The van der Waals surface area contributed by atoms with Crippen molar-refractivity contribution in [2.24, 2.45) is 0 Å². The van der Waals surface area contributed by atoms with E-state index in [-0.39, 0.29) is 56.0 Å². The number of amides is 2. The normalized spacial score (nSPS) is 27.6. The van der Waals surface area contributed by atoms with E-state index in [2.05, 4.69) is 5.32 Å². The molecule has 1 spiro atoms. The van der Waals surface area contributed by atoms with E-state index in [0.29, 0.717) is 13.0 Å².